The molecule has 0 rings (SSSR count). The number of likely N-dealkylation sites (N-methyl/N-ethyl adjacent to an activating group) is 1. The molecule has 0 saturated carbocycles. The van der Waals surface area contributed by atoms with Crippen molar-refractivity contribution in [3.8, 4) is 0 Å². The first-order valence-electron chi connectivity index (χ1n) is 33.1. The number of unbranched alkanes of at least 4 members (excludes halogenated alkanes) is 34. The number of esters is 1. The minimum absolute atomic E-state index is 0.0335. The molecule has 462 valence electrons. The van der Waals surface area contributed by atoms with E-state index in [-0.39, 0.29) is 24.9 Å². The van der Waals surface area contributed by atoms with Gasteiger partial charge in [-0.25, -0.2) is 0 Å². The molecule has 9 nitrogen and oxygen atoms in total. The van der Waals surface area contributed by atoms with E-state index < -0.39 is 26.6 Å². The summed E-state index contributed by atoms with van der Waals surface area (Å²) in [4.78, 5) is 40.0. The smallest absolute Gasteiger partial charge is 0.306 e. The largest absolute Gasteiger partial charge is 0.756 e. The Balaban J connectivity index is 5.16. The monoisotopic (exact) mass is 1140 g/mol. The third kappa shape index (κ3) is 59.5. The minimum atomic E-state index is -4.72. The van der Waals surface area contributed by atoms with Crippen LogP contribution in [0.4, 0.5) is 0 Å². The van der Waals surface area contributed by atoms with Gasteiger partial charge in [0.05, 0.1) is 33.8 Å². The van der Waals surface area contributed by atoms with Gasteiger partial charge >= 0.3 is 5.97 Å². The van der Waals surface area contributed by atoms with Crippen LogP contribution in [-0.4, -0.2) is 69.4 Å². The molecular weight excluding hydrogens is 1010 g/mol. The van der Waals surface area contributed by atoms with Gasteiger partial charge in [-0.05, 0) is 76.7 Å². The van der Waals surface area contributed by atoms with E-state index in [9.17, 15) is 19.0 Å². The Kier molecular flexibility index (Phi) is 56.8. The highest BCUT2D eigenvalue weighted by molar-refractivity contribution is 7.45. The summed E-state index contributed by atoms with van der Waals surface area (Å²) in [5, 5.41) is 3.02. The molecule has 3 unspecified atom stereocenters. The van der Waals surface area contributed by atoms with Gasteiger partial charge in [0.2, 0.25) is 5.91 Å². The highest BCUT2D eigenvalue weighted by Gasteiger charge is 2.27. The Morgan fingerprint density at radius 2 is 0.812 bits per heavy atom. The number of amides is 1. The number of phosphoric acid groups is 1. The number of hydrogen-bond acceptors (Lipinski definition) is 7. The molecule has 0 spiro atoms. The number of phosphoric ester groups is 1. The Bertz CT molecular complexity index is 1690. The maximum atomic E-state index is 13.6. The fraction of sp³-hybridized carbons (Fsp3) is 0.743. The number of carbonyl (C=O) groups excluding carboxylic acids is 2. The van der Waals surface area contributed by atoms with Gasteiger partial charge in [-0.3, -0.25) is 14.2 Å². The van der Waals surface area contributed by atoms with E-state index in [0.717, 1.165) is 64.2 Å². The average molecular weight is 1140 g/mol. The predicted molar refractivity (Wildman–Crippen MR) is 344 cm³/mol. The van der Waals surface area contributed by atoms with Crippen molar-refractivity contribution >= 4 is 19.7 Å². The second-order valence-electron chi connectivity index (χ2n) is 23.4. The van der Waals surface area contributed by atoms with Crippen LogP contribution < -0.4 is 10.2 Å². The van der Waals surface area contributed by atoms with Crippen molar-refractivity contribution in [1.82, 2.24) is 5.32 Å². The molecule has 10 heteroatoms. The highest BCUT2D eigenvalue weighted by atomic mass is 31.2. The summed E-state index contributed by atoms with van der Waals surface area (Å²) < 4.78 is 30.3. The van der Waals surface area contributed by atoms with Crippen molar-refractivity contribution in [2.75, 3.05) is 40.9 Å². The molecular formula is C70H125N2O7P. The first-order chi connectivity index (χ1) is 38.9. The minimum Gasteiger partial charge on any atom is -0.756 e. The maximum absolute atomic E-state index is 13.6. The lowest BCUT2D eigenvalue weighted by atomic mass is 10.0. The lowest BCUT2D eigenvalue weighted by Crippen LogP contribution is -2.47. The van der Waals surface area contributed by atoms with Crippen LogP contribution in [0.5, 0.6) is 0 Å². The van der Waals surface area contributed by atoms with Crippen molar-refractivity contribution in [1.29, 1.82) is 0 Å². The Hall–Kier alpha value is -3.07. The van der Waals surface area contributed by atoms with E-state index in [2.05, 4.69) is 50.4 Å². The topological polar surface area (TPSA) is 114 Å². The highest BCUT2D eigenvalue weighted by Crippen LogP contribution is 2.38. The summed E-state index contributed by atoms with van der Waals surface area (Å²) in [6.07, 6.45) is 79.6. The van der Waals surface area contributed by atoms with Crippen LogP contribution in [0.2, 0.25) is 0 Å². The molecule has 0 fully saturated rings. The van der Waals surface area contributed by atoms with E-state index in [1.807, 2.05) is 94.1 Å². The molecule has 0 saturated heterocycles. The number of hydrogen-bond donors (Lipinski definition) is 1. The van der Waals surface area contributed by atoms with Crippen LogP contribution in [-0.2, 0) is 27.9 Å². The van der Waals surface area contributed by atoms with Crippen LogP contribution in [0.3, 0.4) is 0 Å². The summed E-state index contributed by atoms with van der Waals surface area (Å²) in [7, 11) is 1.15. The molecule has 1 N–H and O–H groups in total. The average Bonchev–Trinajstić information content (AvgIpc) is 3.42. The van der Waals surface area contributed by atoms with Gasteiger partial charge < -0.3 is 28.5 Å². The van der Waals surface area contributed by atoms with Crippen LogP contribution in [0.1, 0.15) is 284 Å². The molecule has 0 aliphatic carbocycles. The second-order valence-corrected chi connectivity index (χ2v) is 24.8. The van der Waals surface area contributed by atoms with Gasteiger partial charge in [-0.15, -0.1) is 0 Å². The number of nitrogens with one attached hydrogen (secondary N) is 1. The lowest BCUT2D eigenvalue weighted by Gasteiger charge is -2.30. The van der Waals surface area contributed by atoms with E-state index in [1.165, 1.54) is 180 Å². The predicted octanol–water partition coefficient (Wildman–Crippen LogP) is 20.1. The third-order valence-electron chi connectivity index (χ3n) is 14.4. The van der Waals surface area contributed by atoms with E-state index in [0.29, 0.717) is 23.9 Å². The molecule has 0 aromatic heterocycles. The van der Waals surface area contributed by atoms with Crippen molar-refractivity contribution < 1.29 is 37.3 Å². The molecule has 3 atom stereocenters. The van der Waals surface area contributed by atoms with Crippen LogP contribution >= 0.6 is 7.82 Å². The summed E-state index contributed by atoms with van der Waals surface area (Å²) in [6, 6.07) is -0.912. The van der Waals surface area contributed by atoms with Crippen LogP contribution in [0.15, 0.2) is 97.2 Å². The third-order valence-corrected chi connectivity index (χ3v) is 15.4. The number of nitrogens with zero attached hydrogens (tertiary/aromatic N) is 1. The fourth-order valence-corrected chi connectivity index (χ4v) is 10.0. The molecule has 0 aromatic rings. The summed E-state index contributed by atoms with van der Waals surface area (Å²) >= 11 is 0. The molecule has 0 radical (unpaired) electrons. The SMILES string of the molecule is CC\C=C/C=C/C=C/C=C\C=C\C=C\CCCCCC(=O)OC(/C=C\CCCCCCCCCCCC)C(COP(=O)([O-])OCC[N+](C)(C)C)NC(=O)CCCCCCCCCCCCCCCCC/C=C/CCCCCCCC. The number of rotatable bonds is 59. The zero-order valence-corrected chi connectivity index (χ0v) is 53.7. The van der Waals surface area contributed by atoms with Gasteiger partial charge in [0, 0.05) is 12.8 Å². The molecule has 0 bridgehead atoms. The van der Waals surface area contributed by atoms with Gasteiger partial charge in [-0.1, -0.05) is 292 Å². The Labute approximate surface area is 494 Å². The second kappa shape index (κ2) is 59.1. The first kappa shape index (κ1) is 76.9. The van der Waals surface area contributed by atoms with Crippen LogP contribution in [0, 0.1) is 0 Å². The maximum Gasteiger partial charge on any atom is 0.306 e. The zero-order valence-electron chi connectivity index (χ0n) is 52.8. The van der Waals surface area contributed by atoms with Gasteiger partial charge in [0.15, 0.2) is 0 Å². The van der Waals surface area contributed by atoms with Crippen LogP contribution in [0.25, 0.3) is 0 Å². The quantitative estimate of drug-likeness (QED) is 0.0161. The van der Waals surface area contributed by atoms with Crippen molar-refractivity contribution in [3.05, 3.63) is 97.2 Å². The molecule has 1 amide bonds. The molecule has 0 aliphatic rings. The van der Waals surface area contributed by atoms with E-state index in [4.69, 9.17) is 13.8 Å². The normalized spacial score (nSPS) is 14.2. The summed E-state index contributed by atoms with van der Waals surface area (Å²) in [5.74, 6) is -0.590. The van der Waals surface area contributed by atoms with Gasteiger partial charge in [0.25, 0.3) is 7.82 Å². The zero-order chi connectivity index (χ0) is 58.6. The number of quaternary nitrogens is 1. The number of allylic oxidation sites excluding steroid dienone is 15. The molecule has 80 heavy (non-hydrogen) atoms. The number of ether oxygens (including phenoxy) is 1. The summed E-state index contributed by atoms with van der Waals surface area (Å²) in [5.41, 5.74) is 0. The molecule has 0 aromatic carbocycles. The molecule has 0 aliphatic heterocycles. The van der Waals surface area contributed by atoms with E-state index >= 15 is 0 Å². The van der Waals surface area contributed by atoms with Crippen molar-refractivity contribution in [2.24, 2.45) is 0 Å². The summed E-state index contributed by atoms with van der Waals surface area (Å²) in [6.45, 7) is 6.67. The Morgan fingerprint density at radius 1 is 0.450 bits per heavy atom. The fourth-order valence-electron chi connectivity index (χ4n) is 9.31. The van der Waals surface area contributed by atoms with E-state index in [1.54, 1.807) is 0 Å². The van der Waals surface area contributed by atoms with Crippen molar-refractivity contribution in [3.63, 3.8) is 0 Å². The van der Waals surface area contributed by atoms with Crippen molar-refractivity contribution in [2.45, 2.75) is 296 Å². The van der Waals surface area contributed by atoms with Gasteiger partial charge in [0.1, 0.15) is 19.3 Å². The Morgan fingerprint density at radius 3 is 1.25 bits per heavy atom. The molecule has 0 heterocycles. The lowest BCUT2D eigenvalue weighted by molar-refractivity contribution is -0.870. The number of carbonyl (C=O) groups is 2. The first-order valence-corrected chi connectivity index (χ1v) is 34.6. The van der Waals surface area contributed by atoms with Gasteiger partial charge in [-0.2, -0.15) is 0 Å². The standard InChI is InChI=1S/C70H125N2O7P/c1-7-10-13-16-19-22-25-28-30-32-33-34-35-36-37-38-39-41-42-44-47-50-53-56-59-62-69(73)71-67(66-78-80(75,76)77-65-64-72(4,5)6)68(61-58-55-52-49-46-27-24-21-18-15-12-9-3)79-70(74)63-60-57-54-51-48-45-43-40-31-29-26-23-20-17-14-11-8-2/h11,14,17,20,23,26,28-31,40,43,45,48,58,61,67-68H,7-10,12-13,15-16,18-19,21-22,24-25,27,32-39,41-42,44,46-47,49-57,59-60,62-66H2,1-6H3,(H-,71,73,75,76)/b14-11-,20-17+,26-23+,30-28+,31-29-,43-40+,48-45+,61-58-.